The number of aliphatic hydroxyl groups is 2. The molecule has 0 aliphatic heterocycles. The van der Waals surface area contributed by atoms with Crippen LogP contribution in [0, 0.1) is 17.8 Å². The fraction of sp³-hybridized carbons (Fsp3) is 0.625. The number of halogens is 2. The molecule has 4 nitrogen and oxygen atoms in total. The molecular weight excluding hydrogens is 390 g/mol. The third-order valence-electron chi connectivity index (χ3n) is 5.65. The molecule has 1 saturated carbocycles. The number of alkyl halides is 2. The second-order valence-electron chi connectivity index (χ2n) is 8.52. The predicted octanol–water partition coefficient (Wildman–Crippen LogP) is 4.74. The summed E-state index contributed by atoms with van der Waals surface area (Å²) in [5, 5.41) is 20.5. The average Bonchev–Trinajstić information content (AvgIpc) is 2.94. The van der Waals surface area contributed by atoms with Crippen molar-refractivity contribution in [1.29, 1.82) is 0 Å². The average molecular weight is 425 g/mol. The fourth-order valence-electron chi connectivity index (χ4n) is 3.95. The van der Waals surface area contributed by atoms with Gasteiger partial charge in [0, 0.05) is 25.2 Å². The van der Waals surface area contributed by atoms with Crippen LogP contribution in [0.4, 0.5) is 8.78 Å². The van der Waals surface area contributed by atoms with E-state index in [1.54, 1.807) is 13.0 Å². The van der Waals surface area contributed by atoms with E-state index in [1.165, 1.54) is 6.08 Å². The third kappa shape index (κ3) is 8.15. The van der Waals surface area contributed by atoms with E-state index in [9.17, 15) is 23.8 Å². The van der Waals surface area contributed by atoms with Gasteiger partial charge in [-0.05, 0) is 50.2 Å². The number of unbranched alkanes of at least 4 members (excludes halogenated alkanes) is 1. The number of ketones is 1. The second kappa shape index (κ2) is 11.6. The summed E-state index contributed by atoms with van der Waals surface area (Å²) in [6.45, 7) is 2.80. The quantitative estimate of drug-likeness (QED) is 0.371. The van der Waals surface area contributed by atoms with E-state index in [4.69, 9.17) is 4.74 Å². The Morgan fingerprint density at radius 3 is 2.77 bits per heavy atom. The Hall–Kier alpha value is -1.79. The zero-order valence-corrected chi connectivity index (χ0v) is 17.8. The Kier molecular flexibility index (Phi) is 9.43. The summed E-state index contributed by atoms with van der Waals surface area (Å²) in [7, 11) is 0. The maximum Gasteiger partial charge on any atom is 0.299 e. The Morgan fingerprint density at radius 1 is 1.30 bits per heavy atom. The number of hydrogen-bond acceptors (Lipinski definition) is 4. The van der Waals surface area contributed by atoms with Gasteiger partial charge in [0.2, 0.25) is 0 Å². The van der Waals surface area contributed by atoms with Crippen molar-refractivity contribution < 1.29 is 28.5 Å². The lowest BCUT2D eigenvalue weighted by Gasteiger charge is -2.21. The van der Waals surface area contributed by atoms with Crippen molar-refractivity contribution in [3.05, 3.63) is 48.3 Å². The van der Waals surface area contributed by atoms with Crippen LogP contribution in [0.5, 0.6) is 0 Å². The van der Waals surface area contributed by atoms with E-state index in [0.29, 0.717) is 25.0 Å². The Bertz CT molecular complexity index is 681. The van der Waals surface area contributed by atoms with Gasteiger partial charge in [0.15, 0.2) is 6.61 Å². The van der Waals surface area contributed by atoms with Gasteiger partial charge >= 0.3 is 0 Å². The molecule has 0 saturated heterocycles. The number of carbonyl (C=O) groups is 1. The molecule has 0 aromatic rings. The Labute approximate surface area is 178 Å². The first-order valence-corrected chi connectivity index (χ1v) is 10.8. The van der Waals surface area contributed by atoms with Gasteiger partial charge in [-0.25, -0.2) is 0 Å². The van der Waals surface area contributed by atoms with Crippen LogP contribution in [0.3, 0.4) is 0 Å². The molecule has 0 unspecified atom stereocenters. The van der Waals surface area contributed by atoms with Gasteiger partial charge < -0.3 is 19.7 Å². The molecule has 6 heteroatoms. The van der Waals surface area contributed by atoms with Crippen molar-refractivity contribution in [3.63, 3.8) is 0 Å². The van der Waals surface area contributed by atoms with Gasteiger partial charge in [0.1, 0.15) is 5.78 Å². The molecule has 0 aromatic carbocycles. The number of rotatable bonds is 11. The van der Waals surface area contributed by atoms with Crippen LogP contribution in [0.2, 0.25) is 0 Å². The molecule has 5 atom stereocenters. The SMILES string of the molecule is CC(=O)CCC/C=C\C[C@@H]1[C@@H](/C=C/C(F)(F)COC2=CC=C[C@H](C)C2)[C@H](O)C[C@@H]1O. The summed E-state index contributed by atoms with van der Waals surface area (Å²) in [4.78, 5) is 10.9. The zero-order valence-electron chi connectivity index (χ0n) is 17.8. The predicted molar refractivity (Wildman–Crippen MR) is 113 cm³/mol. The summed E-state index contributed by atoms with van der Waals surface area (Å²) in [5.41, 5.74) is 0. The molecule has 0 bridgehead atoms. The molecule has 2 aliphatic rings. The van der Waals surface area contributed by atoms with Crippen molar-refractivity contribution in [1.82, 2.24) is 0 Å². The number of carbonyl (C=O) groups excluding carboxylic acids is 1. The van der Waals surface area contributed by atoms with Gasteiger partial charge in [0.05, 0.1) is 18.0 Å². The minimum absolute atomic E-state index is 0.151. The standard InChI is InChI=1S/C24H34F2O4/c1-17-8-7-10-19(14-17)30-16-24(25,26)13-12-21-20(22(28)15-23(21)29)11-6-4-3-5-9-18(2)27/h4,6-8,10,12-13,17,20-23,28-29H,3,5,9,11,14-16H2,1-2H3/b6-4-,13-12+/t17-,20+,21+,22-,23+/m0/s1. The number of aliphatic hydroxyl groups excluding tert-OH is 2. The molecule has 30 heavy (non-hydrogen) atoms. The van der Waals surface area contributed by atoms with Gasteiger partial charge in [-0.3, -0.25) is 0 Å². The van der Waals surface area contributed by atoms with Gasteiger partial charge in [-0.2, -0.15) is 8.78 Å². The maximum atomic E-state index is 14.3. The number of allylic oxidation sites excluding steroid dienone is 6. The van der Waals surface area contributed by atoms with Crippen molar-refractivity contribution >= 4 is 5.78 Å². The number of ether oxygens (including phenoxy) is 1. The van der Waals surface area contributed by atoms with E-state index < -0.39 is 30.7 Å². The summed E-state index contributed by atoms with van der Waals surface area (Å²) in [6, 6.07) is 0. The van der Waals surface area contributed by atoms with Crippen LogP contribution < -0.4 is 0 Å². The van der Waals surface area contributed by atoms with Crippen LogP contribution in [-0.2, 0) is 9.53 Å². The largest absolute Gasteiger partial charge is 0.491 e. The highest BCUT2D eigenvalue weighted by atomic mass is 19.3. The lowest BCUT2D eigenvalue weighted by molar-refractivity contribution is -0.117. The van der Waals surface area contributed by atoms with E-state index >= 15 is 0 Å². The molecule has 2 aliphatic carbocycles. The molecule has 168 valence electrons. The van der Waals surface area contributed by atoms with Crippen molar-refractivity contribution in [2.45, 2.75) is 70.5 Å². The minimum atomic E-state index is -3.16. The monoisotopic (exact) mass is 424 g/mol. The molecule has 1 fully saturated rings. The van der Waals surface area contributed by atoms with E-state index in [0.717, 1.165) is 18.9 Å². The molecule has 0 spiro atoms. The maximum absolute atomic E-state index is 14.3. The summed E-state index contributed by atoms with van der Waals surface area (Å²) < 4.78 is 33.9. The fourth-order valence-corrected chi connectivity index (χ4v) is 3.95. The molecule has 2 N–H and O–H groups in total. The van der Waals surface area contributed by atoms with Gasteiger partial charge in [-0.1, -0.05) is 37.3 Å². The van der Waals surface area contributed by atoms with Crippen molar-refractivity contribution in [2.24, 2.45) is 17.8 Å². The van der Waals surface area contributed by atoms with Crippen LogP contribution in [-0.4, -0.2) is 40.7 Å². The highest BCUT2D eigenvalue weighted by Crippen LogP contribution is 2.37. The highest BCUT2D eigenvalue weighted by Gasteiger charge is 2.40. The molecule has 0 heterocycles. The number of hydrogen-bond donors (Lipinski definition) is 2. The van der Waals surface area contributed by atoms with Gasteiger partial charge in [0.25, 0.3) is 5.92 Å². The smallest absolute Gasteiger partial charge is 0.299 e. The van der Waals surface area contributed by atoms with Crippen LogP contribution in [0.25, 0.3) is 0 Å². The molecule has 0 radical (unpaired) electrons. The first-order valence-electron chi connectivity index (χ1n) is 10.8. The first-order chi connectivity index (χ1) is 14.2. The van der Waals surface area contributed by atoms with Crippen molar-refractivity contribution in [2.75, 3.05) is 6.61 Å². The second-order valence-corrected chi connectivity index (χ2v) is 8.52. The zero-order chi connectivity index (χ0) is 22.1. The third-order valence-corrected chi connectivity index (χ3v) is 5.65. The topological polar surface area (TPSA) is 66.8 Å². The lowest BCUT2D eigenvalue weighted by Crippen LogP contribution is -2.24. The van der Waals surface area contributed by atoms with E-state index in [1.807, 2.05) is 31.2 Å². The normalized spacial score (nSPS) is 29.7. The Balaban J connectivity index is 1.88. The summed E-state index contributed by atoms with van der Waals surface area (Å²) in [5.74, 6) is -3.05. The summed E-state index contributed by atoms with van der Waals surface area (Å²) >= 11 is 0. The minimum Gasteiger partial charge on any atom is -0.491 e. The molecular formula is C24H34F2O4. The lowest BCUT2D eigenvalue weighted by atomic mass is 9.89. The molecule has 0 aromatic heterocycles. The van der Waals surface area contributed by atoms with Crippen LogP contribution >= 0.6 is 0 Å². The van der Waals surface area contributed by atoms with E-state index in [-0.39, 0.29) is 24.0 Å². The molecule has 2 rings (SSSR count). The van der Waals surface area contributed by atoms with E-state index in [2.05, 4.69) is 0 Å². The van der Waals surface area contributed by atoms with Gasteiger partial charge in [-0.15, -0.1) is 0 Å². The highest BCUT2D eigenvalue weighted by molar-refractivity contribution is 5.75. The van der Waals surface area contributed by atoms with Crippen molar-refractivity contribution in [3.8, 4) is 0 Å². The Morgan fingerprint density at radius 2 is 2.07 bits per heavy atom. The van der Waals surface area contributed by atoms with Crippen LogP contribution in [0.15, 0.2) is 48.3 Å². The number of Topliss-reactive ketones (excluding diaryl/α,β-unsaturated/α-hetero) is 1. The first kappa shape index (κ1) is 24.5. The summed E-state index contributed by atoms with van der Waals surface area (Å²) in [6.07, 6.45) is 13.2. The van der Waals surface area contributed by atoms with Crippen LogP contribution in [0.1, 0.15) is 52.4 Å². The molecule has 0 amide bonds.